The van der Waals surface area contributed by atoms with Crippen LogP contribution in [-0.2, 0) is 0 Å². The van der Waals surface area contributed by atoms with Crippen LogP contribution in [0, 0.1) is 27.7 Å². The predicted octanol–water partition coefficient (Wildman–Crippen LogP) is 3.80. The molecular weight excluding hydrogens is 258 g/mol. The van der Waals surface area contributed by atoms with Crippen molar-refractivity contribution in [3.05, 3.63) is 57.9 Å². The first kappa shape index (κ1) is 15.6. The van der Waals surface area contributed by atoms with Gasteiger partial charge in [-0.05, 0) is 69.0 Å². The number of nitrogens with one attached hydrogen (secondary N) is 1. The minimum Gasteiger partial charge on any atom is -0.306 e. The fourth-order valence-corrected chi connectivity index (χ4v) is 2.50. The van der Waals surface area contributed by atoms with Crippen molar-refractivity contribution >= 4 is 0 Å². The summed E-state index contributed by atoms with van der Waals surface area (Å²) in [6.45, 7) is 11.5. The average molecular weight is 283 g/mol. The van der Waals surface area contributed by atoms with E-state index < -0.39 is 0 Å². The first-order valence-corrected chi connectivity index (χ1v) is 7.64. The second kappa shape index (κ2) is 6.81. The van der Waals surface area contributed by atoms with E-state index in [0.29, 0.717) is 0 Å². The zero-order valence-corrected chi connectivity index (χ0v) is 13.7. The maximum atomic E-state index is 4.28. The summed E-state index contributed by atoms with van der Waals surface area (Å²) in [6, 6.07) is 9.01. The van der Waals surface area contributed by atoms with E-state index in [1.54, 1.807) is 0 Å². The number of nitrogens with zero attached hydrogens (tertiary/aromatic N) is 2. The van der Waals surface area contributed by atoms with Crippen LogP contribution in [0.2, 0.25) is 0 Å². The fourth-order valence-electron chi connectivity index (χ4n) is 2.50. The molecule has 1 N–H and O–H groups in total. The zero-order chi connectivity index (χ0) is 15.4. The lowest BCUT2D eigenvalue weighted by molar-refractivity contribution is 0.590. The summed E-state index contributed by atoms with van der Waals surface area (Å²) < 4.78 is 0. The predicted molar refractivity (Wildman–Crippen MR) is 87.6 cm³/mol. The Kier molecular flexibility index (Phi) is 5.07. The number of hydrogen-bond acceptors (Lipinski definition) is 3. The number of hydrogen-bond donors (Lipinski definition) is 1. The van der Waals surface area contributed by atoms with Crippen LogP contribution in [0.3, 0.4) is 0 Å². The molecule has 1 aromatic carbocycles. The second-order valence-electron chi connectivity index (χ2n) is 5.76. The van der Waals surface area contributed by atoms with Crippen molar-refractivity contribution in [1.29, 1.82) is 0 Å². The van der Waals surface area contributed by atoms with Crippen LogP contribution in [0.15, 0.2) is 24.3 Å². The molecule has 1 unspecified atom stereocenters. The highest BCUT2D eigenvalue weighted by molar-refractivity contribution is 5.38. The first-order chi connectivity index (χ1) is 10.0. The van der Waals surface area contributed by atoms with Gasteiger partial charge >= 0.3 is 0 Å². The van der Waals surface area contributed by atoms with Crippen LogP contribution in [0.5, 0.6) is 0 Å². The molecule has 0 aliphatic carbocycles. The topological polar surface area (TPSA) is 37.8 Å². The molecule has 0 radical (unpaired) electrons. The maximum Gasteiger partial charge on any atom is 0.0651 e. The quantitative estimate of drug-likeness (QED) is 0.907. The Hall–Kier alpha value is -1.74. The smallest absolute Gasteiger partial charge is 0.0651 e. The highest BCUT2D eigenvalue weighted by atomic mass is 15.1. The Balaban J connectivity index is 2.46. The number of aromatic nitrogens is 2. The molecule has 0 spiro atoms. The molecular formula is C18H25N3. The van der Waals surface area contributed by atoms with Crippen molar-refractivity contribution in [1.82, 2.24) is 15.5 Å². The van der Waals surface area contributed by atoms with Crippen molar-refractivity contribution in [2.45, 2.75) is 47.1 Å². The van der Waals surface area contributed by atoms with Crippen LogP contribution >= 0.6 is 0 Å². The Morgan fingerprint density at radius 3 is 2.43 bits per heavy atom. The van der Waals surface area contributed by atoms with Gasteiger partial charge in [-0.1, -0.05) is 25.1 Å². The van der Waals surface area contributed by atoms with E-state index in [0.717, 1.165) is 24.4 Å². The SMILES string of the molecule is CCCNC(c1ccc(C)c(C)c1)c1cc(C)nnc1C. The van der Waals surface area contributed by atoms with E-state index >= 15 is 0 Å². The van der Waals surface area contributed by atoms with Crippen molar-refractivity contribution in [2.24, 2.45) is 0 Å². The lowest BCUT2D eigenvalue weighted by Crippen LogP contribution is -2.24. The van der Waals surface area contributed by atoms with E-state index in [1.807, 2.05) is 13.8 Å². The van der Waals surface area contributed by atoms with Crippen LogP contribution in [0.25, 0.3) is 0 Å². The highest BCUT2D eigenvalue weighted by Gasteiger charge is 2.17. The zero-order valence-electron chi connectivity index (χ0n) is 13.7. The van der Waals surface area contributed by atoms with Crippen molar-refractivity contribution in [3.8, 4) is 0 Å². The van der Waals surface area contributed by atoms with Crippen LogP contribution in [0.1, 0.15) is 53.0 Å². The normalized spacial score (nSPS) is 12.4. The van der Waals surface area contributed by atoms with Gasteiger partial charge in [0.25, 0.3) is 0 Å². The van der Waals surface area contributed by atoms with Crippen molar-refractivity contribution in [2.75, 3.05) is 6.54 Å². The van der Waals surface area contributed by atoms with Crippen LogP contribution in [0.4, 0.5) is 0 Å². The minimum atomic E-state index is 0.179. The molecule has 0 bridgehead atoms. The Labute approximate surface area is 127 Å². The summed E-state index contributed by atoms with van der Waals surface area (Å²) in [6.07, 6.45) is 1.11. The van der Waals surface area contributed by atoms with Gasteiger partial charge in [0.05, 0.1) is 17.4 Å². The van der Waals surface area contributed by atoms with Gasteiger partial charge in [-0.3, -0.25) is 0 Å². The lowest BCUT2D eigenvalue weighted by atomic mass is 9.94. The van der Waals surface area contributed by atoms with Gasteiger partial charge in [-0.15, -0.1) is 0 Å². The second-order valence-corrected chi connectivity index (χ2v) is 5.76. The van der Waals surface area contributed by atoms with Gasteiger partial charge in [-0.2, -0.15) is 10.2 Å². The number of aryl methyl sites for hydroxylation is 4. The molecule has 0 aliphatic heterocycles. The Morgan fingerprint density at radius 1 is 1.00 bits per heavy atom. The minimum absolute atomic E-state index is 0.179. The number of rotatable bonds is 5. The lowest BCUT2D eigenvalue weighted by Gasteiger charge is -2.22. The third kappa shape index (κ3) is 3.67. The molecule has 0 saturated heterocycles. The molecule has 1 heterocycles. The summed E-state index contributed by atoms with van der Waals surface area (Å²) in [7, 11) is 0. The van der Waals surface area contributed by atoms with Gasteiger partial charge in [0.2, 0.25) is 0 Å². The highest BCUT2D eigenvalue weighted by Crippen LogP contribution is 2.26. The molecule has 3 nitrogen and oxygen atoms in total. The van der Waals surface area contributed by atoms with Gasteiger partial charge in [0.15, 0.2) is 0 Å². The van der Waals surface area contributed by atoms with E-state index in [1.165, 1.54) is 22.3 Å². The van der Waals surface area contributed by atoms with Gasteiger partial charge < -0.3 is 5.32 Å². The molecule has 2 rings (SSSR count). The molecule has 0 fully saturated rings. The molecule has 1 atom stereocenters. The molecule has 1 aromatic heterocycles. The summed E-state index contributed by atoms with van der Waals surface area (Å²) in [5.74, 6) is 0. The van der Waals surface area contributed by atoms with Crippen molar-refractivity contribution in [3.63, 3.8) is 0 Å². The molecule has 0 saturated carbocycles. The van der Waals surface area contributed by atoms with E-state index in [9.17, 15) is 0 Å². The van der Waals surface area contributed by atoms with Crippen LogP contribution < -0.4 is 5.32 Å². The van der Waals surface area contributed by atoms with E-state index in [4.69, 9.17) is 0 Å². The van der Waals surface area contributed by atoms with Gasteiger partial charge in [0.1, 0.15) is 0 Å². The number of benzene rings is 1. The first-order valence-electron chi connectivity index (χ1n) is 7.64. The molecule has 3 heteroatoms. The molecule has 21 heavy (non-hydrogen) atoms. The third-order valence-electron chi connectivity index (χ3n) is 3.91. The monoisotopic (exact) mass is 283 g/mol. The molecule has 0 aliphatic rings. The fraction of sp³-hybridized carbons (Fsp3) is 0.444. The summed E-state index contributed by atoms with van der Waals surface area (Å²) in [5.41, 5.74) is 7.12. The molecule has 0 amide bonds. The Bertz CT molecular complexity index is 620. The summed E-state index contributed by atoms with van der Waals surface area (Å²) in [5, 5.41) is 12.1. The van der Waals surface area contributed by atoms with E-state index in [-0.39, 0.29) is 6.04 Å². The molecule has 2 aromatic rings. The summed E-state index contributed by atoms with van der Waals surface area (Å²) in [4.78, 5) is 0. The standard InChI is InChI=1S/C18H25N3/c1-6-9-19-18(16-8-7-12(2)13(3)10-16)17-11-14(4)20-21-15(17)5/h7-8,10-11,18-19H,6,9H2,1-5H3. The van der Waals surface area contributed by atoms with Crippen molar-refractivity contribution < 1.29 is 0 Å². The largest absolute Gasteiger partial charge is 0.306 e. The van der Waals surface area contributed by atoms with E-state index in [2.05, 4.69) is 60.6 Å². The Morgan fingerprint density at radius 2 is 1.76 bits per heavy atom. The van der Waals surface area contributed by atoms with Gasteiger partial charge in [-0.25, -0.2) is 0 Å². The maximum absolute atomic E-state index is 4.28. The van der Waals surface area contributed by atoms with Crippen LogP contribution in [-0.4, -0.2) is 16.7 Å². The summed E-state index contributed by atoms with van der Waals surface area (Å²) >= 11 is 0. The molecule has 112 valence electrons. The van der Waals surface area contributed by atoms with Gasteiger partial charge in [0, 0.05) is 0 Å². The third-order valence-corrected chi connectivity index (χ3v) is 3.91. The average Bonchev–Trinajstić information content (AvgIpc) is 2.46.